The van der Waals surface area contributed by atoms with Crippen molar-refractivity contribution in [3.05, 3.63) is 23.8 Å². The zero-order chi connectivity index (χ0) is 15.1. The van der Waals surface area contributed by atoms with Gasteiger partial charge in [0.15, 0.2) is 0 Å². The summed E-state index contributed by atoms with van der Waals surface area (Å²) in [5.41, 5.74) is 0.190. The quantitative estimate of drug-likeness (QED) is 0.737. The topological polar surface area (TPSA) is 60.2 Å². The summed E-state index contributed by atoms with van der Waals surface area (Å²) in [6, 6.07) is 4.68. The molecule has 0 aromatic heterocycles. The first-order valence-corrected chi connectivity index (χ1v) is 7.67. The summed E-state index contributed by atoms with van der Waals surface area (Å²) in [6.45, 7) is 6.14. The number of quaternary nitrogens is 1. The molecule has 2 N–H and O–H groups in total. The van der Waals surface area contributed by atoms with Gasteiger partial charge in [-0.15, -0.1) is 0 Å². The van der Waals surface area contributed by atoms with Crippen molar-refractivity contribution in [1.82, 2.24) is 0 Å². The van der Waals surface area contributed by atoms with Crippen LogP contribution in [0.3, 0.4) is 0 Å². The predicted octanol–water partition coefficient (Wildman–Crippen LogP) is 1.02. The number of ether oxygens (including phenoxy) is 2. The number of hydrogen-bond donors (Lipinski definition) is 2. The van der Waals surface area contributed by atoms with E-state index in [4.69, 9.17) is 9.47 Å². The molecule has 0 saturated carbocycles. The first-order chi connectivity index (χ1) is 10.2. The minimum Gasteiger partial charge on any atom is -0.507 e. The van der Waals surface area contributed by atoms with Gasteiger partial charge in [0.25, 0.3) is 0 Å². The van der Waals surface area contributed by atoms with Crippen LogP contribution < -0.4 is 9.64 Å². The minimum atomic E-state index is -0.479. The first-order valence-electron chi connectivity index (χ1n) is 7.67. The van der Waals surface area contributed by atoms with Crippen molar-refractivity contribution in [1.29, 1.82) is 0 Å². The molecule has 1 aromatic carbocycles. The van der Waals surface area contributed by atoms with E-state index in [0.29, 0.717) is 19.0 Å². The number of esters is 1. The molecule has 1 aliphatic rings. The number of aromatic hydroxyl groups is 1. The van der Waals surface area contributed by atoms with Gasteiger partial charge in [0, 0.05) is 18.9 Å². The molecule has 0 spiro atoms. The Kier molecular flexibility index (Phi) is 5.87. The second-order valence-electron chi connectivity index (χ2n) is 5.37. The smallest absolute Gasteiger partial charge is 0.342 e. The standard InChI is InChI=1S/C16H23NO4/c1-2-10-20-13-5-6-14(15(18)12-13)16(19)21-11-9-17-7-3-4-8-17/h5-6,12,18H,2-4,7-11H2,1H3/p+1. The molecule has 1 aliphatic heterocycles. The largest absolute Gasteiger partial charge is 0.507 e. The lowest BCUT2D eigenvalue weighted by Gasteiger charge is -2.12. The molecule has 0 atom stereocenters. The number of rotatable bonds is 7. The van der Waals surface area contributed by atoms with Crippen LogP contribution in [-0.2, 0) is 4.74 Å². The maximum atomic E-state index is 11.9. The Balaban J connectivity index is 1.83. The number of phenolic OH excluding ortho intramolecular Hbond substituents is 1. The van der Waals surface area contributed by atoms with Crippen LogP contribution in [0.15, 0.2) is 18.2 Å². The highest BCUT2D eigenvalue weighted by Gasteiger charge is 2.17. The van der Waals surface area contributed by atoms with Gasteiger partial charge in [-0.1, -0.05) is 6.92 Å². The van der Waals surface area contributed by atoms with Crippen LogP contribution in [0.25, 0.3) is 0 Å². The average molecular weight is 294 g/mol. The second-order valence-corrected chi connectivity index (χ2v) is 5.37. The number of carbonyl (C=O) groups is 1. The van der Waals surface area contributed by atoms with Crippen molar-refractivity contribution < 1.29 is 24.3 Å². The molecule has 21 heavy (non-hydrogen) atoms. The molecular weight excluding hydrogens is 270 g/mol. The highest BCUT2D eigenvalue weighted by Crippen LogP contribution is 2.24. The molecule has 0 aliphatic carbocycles. The number of benzene rings is 1. The van der Waals surface area contributed by atoms with E-state index in [1.54, 1.807) is 12.1 Å². The van der Waals surface area contributed by atoms with Gasteiger partial charge in [0.05, 0.1) is 19.7 Å². The summed E-state index contributed by atoms with van der Waals surface area (Å²) >= 11 is 0. The molecule has 1 heterocycles. The van der Waals surface area contributed by atoms with Crippen molar-refractivity contribution in [3.8, 4) is 11.5 Å². The van der Waals surface area contributed by atoms with Crippen LogP contribution in [-0.4, -0.2) is 43.9 Å². The third-order valence-corrected chi connectivity index (χ3v) is 3.66. The van der Waals surface area contributed by atoms with Gasteiger partial charge in [-0.05, 0) is 18.6 Å². The summed E-state index contributed by atoms with van der Waals surface area (Å²) in [5, 5.41) is 9.89. The lowest BCUT2D eigenvalue weighted by molar-refractivity contribution is -0.887. The Morgan fingerprint density at radius 3 is 2.71 bits per heavy atom. The molecule has 5 heteroatoms. The lowest BCUT2D eigenvalue weighted by Crippen LogP contribution is -3.10. The normalized spacial score (nSPS) is 15.1. The summed E-state index contributed by atoms with van der Waals surface area (Å²) < 4.78 is 10.6. The van der Waals surface area contributed by atoms with E-state index in [1.807, 2.05) is 6.92 Å². The maximum Gasteiger partial charge on any atom is 0.342 e. The summed E-state index contributed by atoms with van der Waals surface area (Å²) in [6.07, 6.45) is 3.40. The van der Waals surface area contributed by atoms with E-state index < -0.39 is 5.97 Å². The van der Waals surface area contributed by atoms with Crippen molar-refractivity contribution >= 4 is 5.97 Å². The molecule has 1 aromatic rings. The van der Waals surface area contributed by atoms with Crippen molar-refractivity contribution in [2.75, 3.05) is 32.8 Å². The van der Waals surface area contributed by atoms with Crippen LogP contribution in [0.2, 0.25) is 0 Å². The minimum absolute atomic E-state index is 0.0953. The summed E-state index contributed by atoms with van der Waals surface area (Å²) in [5.74, 6) is -0.0114. The van der Waals surface area contributed by atoms with Gasteiger partial charge < -0.3 is 19.5 Å². The predicted molar refractivity (Wildman–Crippen MR) is 79.0 cm³/mol. The zero-order valence-electron chi connectivity index (χ0n) is 12.6. The molecular formula is C16H24NO4+. The van der Waals surface area contributed by atoms with Crippen LogP contribution in [0, 0.1) is 0 Å². The Hall–Kier alpha value is -1.75. The van der Waals surface area contributed by atoms with E-state index in [2.05, 4.69) is 0 Å². The van der Waals surface area contributed by atoms with E-state index in [-0.39, 0.29) is 11.3 Å². The number of hydrogen-bond acceptors (Lipinski definition) is 4. The van der Waals surface area contributed by atoms with Crippen LogP contribution in [0.1, 0.15) is 36.5 Å². The fourth-order valence-corrected chi connectivity index (χ4v) is 2.48. The molecule has 0 amide bonds. The number of phenols is 1. The molecule has 0 radical (unpaired) electrons. The summed E-state index contributed by atoms with van der Waals surface area (Å²) in [4.78, 5) is 13.4. The molecule has 1 fully saturated rings. The average Bonchev–Trinajstić information content (AvgIpc) is 2.98. The highest BCUT2D eigenvalue weighted by atomic mass is 16.5. The third-order valence-electron chi connectivity index (χ3n) is 3.66. The van der Waals surface area contributed by atoms with Crippen molar-refractivity contribution in [3.63, 3.8) is 0 Å². The Labute approximate surface area is 125 Å². The maximum absolute atomic E-state index is 11.9. The SMILES string of the molecule is CCCOc1ccc(C(=O)OCC[NH+]2CCCC2)c(O)c1. The fraction of sp³-hybridized carbons (Fsp3) is 0.562. The molecule has 5 nitrogen and oxygen atoms in total. The first kappa shape index (κ1) is 15.6. The lowest BCUT2D eigenvalue weighted by atomic mass is 10.2. The number of likely N-dealkylation sites (tertiary alicyclic amines) is 1. The van der Waals surface area contributed by atoms with E-state index in [9.17, 15) is 9.90 Å². The van der Waals surface area contributed by atoms with Gasteiger partial charge in [-0.2, -0.15) is 0 Å². The Morgan fingerprint density at radius 1 is 1.29 bits per heavy atom. The monoisotopic (exact) mass is 294 g/mol. The van der Waals surface area contributed by atoms with Crippen molar-refractivity contribution in [2.45, 2.75) is 26.2 Å². The Morgan fingerprint density at radius 2 is 2.05 bits per heavy atom. The fourth-order valence-electron chi connectivity index (χ4n) is 2.48. The van der Waals surface area contributed by atoms with Crippen molar-refractivity contribution in [2.24, 2.45) is 0 Å². The third kappa shape index (κ3) is 4.63. The van der Waals surface area contributed by atoms with Gasteiger partial charge in [-0.3, -0.25) is 0 Å². The van der Waals surface area contributed by atoms with E-state index in [1.165, 1.54) is 23.8 Å². The number of nitrogens with one attached hydrogen (secondary N) is 1. The van der Waals surface area contributed by atoms with Crippen LogP contribution >= 0.6 is 0 Å². The van der Waals surface area contributed by atoms with Gasteiger partial charge >= 0.3 is 5.97 Å². The van der Waals surface area contributed by atoms with Gasteiger partial charge in [-0.25, -0.2) is 4.79 Å². The second kappa shape index (κ2) is 7.88. The Bertz CT molecular complexity index is 469. The molecule has 116 valence electrons. The molecule has 0 bridgehead atoms. The van der Waals surface area contributed by atoms with Crippen LogP contribution in [0.5, 0.6) is 11.5 Å². The molecule has 2 rings (SSSR count). The molecule has 1 saturated heterocycles. The van der Waals surface area contributed by atoms with Gasteiger partial charge in [0.1, 0.15) is 30.2 Å². The molecule has 0 unspecified atom stereocenters. The van der Waals surface area contributed by atoms with Gasteiger partial charge in [0.2, 0.25) is 0 Å². The van der Waals surface area contributed by atoms with Crippen LogP contribution in [0.4, 0.5) is 0 Å². The highest BCUT2D eigenvalue weighted by molar-refractivity contribution is 5.92. The van der Waals surface area contributed by atoms with E-state index in [0.717, 1.165) is 26.1 Å². The van der Waals surface area contributed by atoms with E-state index >= 15 is 0 Å². The summed E-state index contributed by atoms with van der Waals surface area (Å²) in [7, 11) is 0. The number of carbonyl (C=O) groups excluding carboxylic acids is 1. The zero-order valence-corrected chi connectivity index (χ0v) is 12.6.